The Hall–Kier alpha value is -1.88. The van der Waals surface area contributed by atoms with Gasteiger partial charge < -0.3 is 10.8 Å². The molecule has 80 valence electrons. The maximum absolute atomic E-state index is 10.5. The van der Waals surface area contributed by atoms with Gasteiger partial charge in [-0.25, -0.2) is 0 Å². The zero-order chi connectivity index (χ0) is 11.3. The molecule has 0 unspecified atom stereocenters. The first-order valence-corrected chi connectivity index (χ1v) is 4.46. The number of nitro groups is 1. The Bertz CT molecular complexity index is 388. The van der Waals surface area contributed by atoms with E-state index in [-0.39, 0.29) is 12.3 Å². The average molecular weight is 208 g/mol. The van der Waals surface area contributed by atoms with Crippen molar-refractivity contribution >= 4 is 17.5 Å². The zero-order valence-corrected chi connectivity index (χ0v) is 8.09. The van der Waals surface area contributed by atoms with Crippen LogP contribution in [0.2, 0.25) is 0 Å². The van der Waals surface area contributed by atoms with E-state index < -0.39 is 4.92 Å². The van der Waals surface area contributed by atoms with Crippen molar-refractivity contribution < 1.29 is 10.0 Å². The van der Waals surface area contributed by atoms with Gasteiger partial charge in [-0.3, -0.25) is 10.1 Å². The van der Waals surface area contributed by atoms with Crippen LogP contribution in [-0.4, -0.2) is 16.6 Å². The maximum atomic E-state index is 10.5. The van der Waals surface area contributed by atoms with Gasteiger partial charge in [0.15, 0.2) is 0 Å². The smallest absolute Gasteiger partial charge is 0.270 e. The van der Waals surface area contributed by atoms with E-state index >= 15 is 0 Å². The molecule has 1 aromatic rings. The molecule has 0 atom stereocenters. The Kier molecular flexibility index (Phi) is 3.82. The summed E-state index contributed by atoms with van der Waals surface area (Å²) in [6.07, 6.45) is 3.89. The van der Waals surface area contributed by atoms with Gasteiger partial charge in [0.1, 0.15) is 0 Å². The monoisotopic (exact) mass is 208 g/mol. The fourth-order valence-corrected chi connectivity index (χ4v) is 1.10. The fourth-order valence-electron chi connectivity index (χ4n) is 1.10. The lowest BCUT2D eigenvalue weighted by Gasteiger charge is -1.99. The van der Waals surface area contributed by atoms with Crippen LogP contribution in [0, 0.1) is 10.1 Å². The Morgan fingerprint density at radius 1 is 1.53 bits per heavy atom. The van der Waals surface area contributed by atoms with E-state index in [1.54, 1.807) is 12.2 Å². The molecule has 5 nitrogen and oxygen atoms in total. The lowest BCUT2D eigenvalue weighted by atomic mass is 10.1. The van der Waals surface area contributed by atoms with Gasteiger partial charge in [-0.1, -0.05) is 12.2 Å². The van der Waals surface area contributed by atoms with Crippen molar-refractivity contribution in [1.82, 2.24) is 0 Å². The van der Waals surface area contributed by atoms with Gasteiger partial charge in [-0.15, -0.1) is 0 Å². The van der Waals surface area contributed by atoms with E-state index in [1.807, 2.05) is 0 Å². The molecule has 0 heterocycles. The second-order valence-corrected chi connectivity index (χ2v) is 2.98. The standard InChI is InChI=1S/C10H12N2O3/c11-10-5-4-9(12(14)15)7-8(10)3-1-2-6-13/h1,3-5,7,13H,2,6,11H2. The van der Waals surface area contributed by atoms with Gasteiger partial charge in [-0.2, -0.15) is 0 Å². The number of hydrogen-bond acceptors (Lipinski definition) is 4. The molecule has 0 radical (unpaired) electrons. The fraction of sp³-hybridized carbons (Fsp3) is 0.200. The van der Waals surface area contributed by atoms with E-state index in [1.165, 1.54) is 18.2 Å². The van der Waals surface area contributed by atoms with Crippen molar-refractivity contribution in [2.24, 2.45) is 0 Å². The van der Waals surface area contributed by atoms with Gasteiger partial charge in [0.05, 0.1) is 4.92 Å². The van der Waals surface area contributed by atoms with Crippen LogP contribution in [0.1, 0.15) is 12.0 Å². The zero-order valence-electron chi connectivity index (χ0n) is 8.09. The first-order chi connectivity index (χ1) is 7.15. The number of anilines is 1. The van der Waals surface area contributed by atoms with Crippen molar-refractivity contribution in [3.05, 3.63) is 40.0 Å². The highest BCUT2D eigenvalue weighted by atomic mass is 16.6. The number of nitrogens with zero attached hydrogens (tertiary/aromatic N) is 1. The molecule has 0 saturated carbocycles. The Labute approximate surface area is 87.0 Å². The molecule has 0 aromatic heterocycles. The third-order valence-corrected chi connectivity index (χ3v) is 1.87. The van der Waals surface area contributed by atoms with E-state index in [0.717, 1.165) is 0 Å². The third kappa shape index (κ3) is 3.07. The summed E-state index contributed by atoms with van der Waals surface area (Å²) < 4.78 is 0. The quantitative estimate of drug-likeness (QED) is 0.446. The number of benzene rings is 1. The Morgan fingerprint density at radius 3 is 2.87 bits per heavy atom. The summed E-state index contributed by atoms with van der Waals surface area (Å²) in [5.74, 6) is 0. The third-order valence-electron chi connectivity index (χ3n) is 1.87. The highest BCUT2D eigenvalue weighted by molar-refractivity contribution is 5.67. The molecule has 5 heteroatoms. The van der Waals surface area contributed by atoms with E-state index in [4.69, 9.17) is 10.8 Å². The van der Waals surface area contributed by atoms with Gasteiger partial charge >= 0.3 is 0 Å². The van der Waals surface area contributed by atoms with Crippen molar-refractivity contribution in [3.63, 3.8) is 0 Å². The minimum absolute atomic E-state index is 0.00727. The summed E-state index contributed by atoms with van der Waals surface area (Å²) in [6, 6.07) is 4.26. The maximum Gasteiger partial charge on any atom is 0.270 e. The van der Waals surface area contributed by atoms with Crippen LogP contribution in [0.3, 0.4) is 0 Å². The Morgan fingerprint density at radius 2 is 2.27 bits per heavy atom. The number of hydrogen-bond donors (Lipinski definition) is 2. The molecule has 0 saturated heterocycles. The SMILES string of the molecule is Nc1ccc([N+](=O)[O-])cc1C=CCCO. The van der Waals surface area contributed by atoms with Gasteiger partial charge in [-0.05, 0) is 12.5 Å². The van der Waals surface area contributed by atoms with Crippen LogP contribution in [0.4, 0.5) is 11.4 Å². The molecule has 15 heavy (non-hydrogen) atoms. The van der Waals surface area contributed by atoms with Gasteiger partial charge in [0.25, 0.3) is 5.69 Å². The molecule has 1 rings (SSSR count). The number of non-ortho nitro benzene ring substituents is 1. The minimum Gasteiger partial charge on any atom is -0.398 e. The van der Waals surface area contributed by atoms with Crippen LogP contribution in [0.15, 0.2) is 24.3 Å². The van der Waals surface area contributed by atoms with Crippen molar-refractivity contribution in [2.45, 2.75) is 6.42 Å². The van der Waals surface area contributed by atoms with Crippen molar-refractivity contribution in [1.29, 1.82) is 0 Å². The topological polar surface area (TPSA) is 89.4 Å². The normalized spacial score (nSPS) is 10.7. The lowest BCUT2D eigenvalue weighted by Crippen LogP contribution is -1.93. The number of nitrogen functional groups attached to an aromatic ring is 1. The summed E-state index contributed by atoms with van der Waals surface area (Å²) >= 11 is 0. The van der Waals surface area contributed by atoms with Crippen LogP contribution >= 0.6 is 0 Å². The number of nitro benzene ring substituents is 1. The van der Waals surface area contributed by atoms with E-state index in [0.29, 0.717) is 17.7 Å². The highest BCUT2D eigenvalue weighted by Gasteiger charge is 2.06. The molecule has 0 spiro atoms. The molecule has 0 aliphatic heterocycles. The molecule has 0 amide bonds. The van der Waals surface area contributed by atoms with Crippen LogP contribution < -0.4 is 5.73 Å². The molecule has 3 N–H and O–H groups in total. The molecule has 0 fully saturated rings. The summed E-state index contributed by atoms with van der Waals surface area (Å²) in [4.78, 5) is 10.0. The summed E-state index contributed by atoms with van der Waals surface area (Å²) in [5.41, 5.74) is 6.72. The number of nitrogens with two attached hydrogens (primary N) is 1. The summed E-state index contributed by atoms with van der Waals surface area (Å²) in [6.45, 7) is 0.0470. The first kappa shape index (κ1) is 11.2. The molecule has 0 aliphatic carbocycles. The molecular weight excluding hydrogens is 196 g/mol. The van der Waals surface area contributed by atoms with Crippen LogP contribution in [0.25, 0.3) is 6.08 Å². The highest BCUT2D eigenvalue weighted by Crippen LogP contribution is 2.20. The van der Waals surface area contributed by atoms with Gasteiger partial charge in [0.2, 0.25) is 0 Å². The Balaban J connectivity index is 2.95. The van der Waals surface area contributed by atoms with E-state index in [2.05, 4.69) is 0 Å². The van der Waals surface area contributed by atoms with Gasteiger partial charge in [0, 0.05) is 30.0 Å². The predicted molar refractivity (Wildman–Crippen MR) is 58.2 cm³/mol. The van der Waals surface area contributed by atoms with Crippen molar-refractivity contribution in [3.8, 4) is 0 Å². The average Bonchev–Trinajstić information content (AvgIpc) is 2.20. The number of aliphatic hydroxyl groups excluding tert-OH is 1. The number of rotatable bonds is 4. The summed E-state index contributed by atoms with van der Waals surface area (Å²) in [7, 11) is 0. The molecular formula is C10H12N2O3. The number of aliphatic hydroxyl groups is 1. The molecule has 1 aromatic carbocycles. The second-order valence-electron chi connectivity index (χ2n) is 2.98. The van der Waals surface area contributed by atoms with Crippen LogP contribution in [-0.2, 0) is 0 Å². The molecule has 0 bridgehead atoms. The predicted octanol–water partition coefficient (Wildman–Crippen LogP) is 1.57. The second kappa shape index (κ2) is 5.11. The van der Waals surface area contributed by atoms with E-state index in [9.17, 15) is 10.1 Å². The van der Waals surface area contributed by atoms with Crippen molar-refractivity contribution in [2.75, 3.05) is 12.3 Å². The summed E-state index contributed by atoms with van der Waals surface area (Å²) in [5, 5.41) is 19.1. The lowest BCUT2D eigenvalue weighted by molar-refractivity contribution is -0.384. The molecule has 0 aliphatic rings. The van der Waals surface area contributed by atoms with Crippen LogP contribution in [0.5, 0.6) is 0 Å². The largest absolute Gasteiger partial charge is 0.398 e. The first-order valence-electron chi connectivity index (χ1n) is 4.46. The minimum atomic E-state index is -0.469.